The fourth-order valence-electron chi connectivity index (χ4n) is 3.93. The highest BCUT2D eigenvalue weighted by atomic mass is 32.2. The monoisotopic (exact) mass is 487 g/mol. The lowest BCUT2D eigenvalue weighted by atomic mass is 9.95. The van der Waals surface area contributed by atoms with Crippen molar-refractivity contribution in [3.63, 3.8) is 0 Å². The SMILES string of the molecule is Cc1cccc(N(CC(=O)NC2CCCCC2)C(=O)C[S@](=O)CC(=O)Nc2ccc(F)cc2)c1. The molecule has 7 nitrogen and oxygen atoms in total. The molecular formula is C25H30FN3O4S. The Balaban J connectivity index is 1.61. The van der Waals surface area contributed by atoms with Gasteiger partial charge in [0.05, 0.1) is 0 Å². The molecule has 3 amide bonds. The van der Waals surface area contributed by atoms with Gasteiger partial charge in [-0.15, -0.1) is 0 Å². The molecule has 1 aliphatic carbocycles. The Morgan fingerprint density at radius 1 is 1.00 bits per heavy atom. The van der Waals surface area contributed by atoms with E-state index in [1.165, 1.54) is 35.6 Å². The first kappa shape index (κ1) is 25.6. The van der Waals surface area contributed by atoms with Gasteiger partial charge in [0.2, 0.25) is 17.7 Å². The van der Waals surface area contributed by atoms with Crippen LogP contribution in [0, 0.1) is 12.7 Å². The summed E-state index contributed by atoms with van der Waals surface area (Å²) in [6.45, 7) is 1.70. The molecule has 2 aromatic carbocycles. The molecular weight excluding hydrogens is 457 g/mol. The number of benzene rings is 2. The molecule has 1 saturated carbocycles. The minimum absolute atomic E-state index is 0.111. The Bertz CT molecular complexity index is 1040. The first-order valence-corrected chi connectivity index (χ1v) is 12.9. The van der Waals surface area contributed by atoms with Crippen molar-refractivity contribution in [2.75, 3.05) is 28.3 Å². The number of hydrogen-bond donors (Lipinski definition) is 2. The third-order valence-corrected chi connectivity index (χ3v) is 6.74. The minimum atomic E-state index is -1.79. The van der Waals surface area contributed by atoms with Crippen LogP contribution in [0.1, 0.15) is 37.7 Å². The highest BCUT2D eigenvalue weighted by Gasteiger charge is 2.24. The number of carbonyl (C=O) groups is 3. The fourth-order valence-corrected chi connectivity index (χ4v) is 4.82. The molecule has 0 saturated heterocycles. The summed E-state index contributed by atoms with van der Waals surface area (Å²) in [7, 11) is -1.79. The van der Waals surface area contributed by atoms with Gasteiger partial charge in [0.25, 0.3) is 0 Å². The van der Waals surface area contributed by atoms with Gasteiger partial charge in [-0.25, -0.2) is 4.39 Å². The number of anilines is 2. The van der Waals surface area contributed by atoms with Crippen molar-refractivity contribution in [2.24, 2.45) is 0 Å². The third-order valence-electron chi connectivity index (χ3n) is 5.59. The molecule has 0 aromatic heterocycles. The maximum atomic E-state index is 13.0. The average molecular weight is 488 g/mol. The van der Waals surface area contributed by atoms with Gasteiger partial charge in [0, 0.05) is 28.2 Å². The van der Waals surface area contributed by atoms with Crippen LogP contribution in [0.3, 0.4) is 0 Å². The summed E-state index contributed by atoms with van der Waals surface area (Å²) < 4.78 is 25.6. The Hall–Kier alpha value is -3.07. The van der Waals surface area contributed by atoms with Gasteiger partial charge >= 0.3 is 0 Å². The summed E-state index contributed by atoms with van der Waals surface area (Å²) in [6.07, 6.45) is 5.17. The second-order valence-corrected chi connectivity index (χ2v) is 9.96. The number of hydrogen-bond acceptors (Lipinski definition) is 4. The predicted octanol–water partition coefficient (Wildman–Crippen LogP) is 3.30. The smallest absolute Gasteiger partial charge is 0.240 e. The second-order valence-electron chi connectivity index (χ2n) is 8.50. The summed E-state index contributed by atoms with van der Waals surface area (Å²) in [5.74, 6) is -2.54. The van der Waals surface area contributed by atoms with Crippen LogP contribution < -0.4 is 15.5 Å². The lowest BCUT2D eigenvalue weighted by molar-refractivity contribution is -0.123. The molecule has 1 fully saturated rings. The number of halogens is 1. The summed E-state index contributed by atoms with van der Waals surface area (Å²) >= 11 is 0. The molecule has 2 aromatic rings. The van der Waals surface area contributed by atoms with Gasteiger partial charge in [-0.2, -0.15) is 0 Å². The molecule has 0 bridgehead atoms. The van der Waals surface area contributed by atoms with E-state index in [1.54, 1.807) is 18.2 Å². The van der Waals surface area contributed by atoms with Crippen LogP contribution in [0.25, 0.3) is 0 Å². The Morgan fingerprint density at radius 2 is 1.71 bits per heavy atom. The van der Waals surface area contributed by atoms with E-state index in [4.69, 9.17) is 0 Å². The van der Waals surface area contributed by atoms with E-state index in [0.29, 0.717) is 11.4 Å². The van der Waals surface area contributed by atoms with E-state index >= 15 is 0 Å². The lowest BCUT2D eigenvalue weighted by Gasteiger charge is -2.26. The van der Waals surface area contributed by atoms with Crippen LogP contribution in [0.5, 0.6) is 0 Å². The van der Waals surface area contributed by atoms with Gasteiger partial charge in [0.1, 0.15) is 23.9 Å². The largest absolute Gasteiger partial charge is 0.352 e. The van der Waals surface area contributed by atoms with Crippen molar-refractivity contribution in [1.29, 1.82) is 0 Å². The van der Waals surface area contributed by atoms with E-state index in [2.05, 4.69) is 10.6 Å². The van der Waals surface area contributed by atoms with Crippen molar-refractivity contribution in [2.45, 2.75) is 45.1 Å². The van der Waals surface area contributed by atoms with Crippen molar-refractivity contribution in [3.05, 3.63) is 59.9 Å². The van der Waals surface area contributed by atoms with Gasteiger partial charge in [-0.05, 0) is 61.7 Å². The standard InChI is InChI=1S/C25H30FN3O4S/c1-18-6-5-9-22(14-18)29(15-23(30)27-20-7-3-2-4-8-20)25(32)17-34(33)16-24(31)28-21-12-10-19(26)11-13-21/h5-6,9-14,20H,2-4,7-8,15-17H2,1H3,(H,27,30)(H,28,31)/t34-/m1/s1. The molecule has 182 valence electrons. The van der Waals surface area contributed by atoms with E-state index in [1.807, 2.05) is 13.0 Å². The quantitative estimate of drug-likeness (QED) is 0.567. The molecule has 0 aliphatic heterocycles. The van der Waals surface area contributed by atoms with E-state index in [0.717, 1.165) is 31.2 Å². The number of amides is 3. The molecule has 34 heavy (non-hydrogen) atoms. The highest BCUT2D eigenvalue weighted by molar-refractivity contribution is 7.86. The summed E-state index contributed by atoms with van der Waals surface area (Å²) in [4.78, 5) is 39.3. The molecule has 1 atom stereocenters. The fraction of sp³-hybridized carbons (Fsp3) is 0.400. The first-order chi connectivity index (χ1) is 16.3. The lowest BCUT2D eigenvalue weighted by Crippen LogP contribution is -2.46. The summed E-state index contributed by atoms with van der Waals surface area (Å²) in [6, 6.07) is 12.5. The highest BCUT2D eigenvalue weighted by Crippen LogP contribution is 2.19. The Kier molecular flexibility index (Phi) is 9.33. The van der Waals surface area contributed by atoms with Crippen LogP contribution in [0.4, 0.5) is 15.8 Å². The van der Waals surface area contributed by atoms with Crippen molar-refractivity contribution >= 4 is 39.9 Å². The maximum Gasteiger partial charge on any atom is 0.240 e. The number of nitrogens with one attached hydrogen (secondary N) is 2. The van der Waals surface area contributed by atoms with Crippen molar-refractivity contribution < 1.29 is 23.0 Å². The number of carbonyl (C=O) groups excluding carboxylic acids is 3. The zero-order valence-electron chi connectivity index (χ0n) is 19.2. The number of aryl methyl sites for hydroxylation is 1. The zero-order valence-corrected chi connectivity index (χ0v) is 20.0. The van der Waals surface area contributed by atoms with Crippen LogP contribution in [-0.4, -0.2) is 46.0 Å². The van der Waals surface area contributed by atoms with Crippen LogP contribution in [0.2, 0.25) is 0 Å². The summed E-state index contributed by atoms with van der Waals surface area (Å²) in [5, 5.41) is 5.54. The van der Waals surface area contributed by atoms with Gasteiger partial charge in [0.15, 0.2) is 0 Å². The normalized spacial score (nSPS) is 14.8. The van der Waals surface area contributed by atoms with Gasteiger partial charge < -0.3 is 15.5 Å². The van der Waals surface area contributed by atoms with Crippen molar-refractivity contribution in [1.82, 2.24) is 5.32 Å². The summed E-state index contributed by atoms with van der Waals surface area (Å²) in [5.41, 5.74) is 1.83. The molecule has 0 heterocycles. The second kappa shape index (κ2) is 12.4. The maximum absolute atomic E-state index is 13.0. The van der Waals surface area contributed by atoms with E-state index in [-0.39, 0.29) is 24.2 Å². The van der Waals surface area contributed by atoms with Crippen LogP contribution >= 0.6 is 0 Å². The molecule has 2 N–H and O–H groups in total. The van der Waals surface area contributed by atoms with Gasteiger partial charge in [-0.1, -0.05) is 31.4 Å². The molecule has 0 radical (unpaired) electrons. The van der Waals surface area contributed by atoms with Crippen LogP contribution in [0.15, 0.2) is 48.5 Å². The van der Waals surface area contributed by atoms with E-state index < -0.39 is 34.2 Å². The molecule has 9 heteroatoms. The first-order valence-electron chi connectivity index (χ1n) is 11.4. The van der Waals surface area contributed by atoms with Crippen LogP contribution in [-0.2, 0) is 25.2 Å². The topological polar surface area (TPSA) is 95.6 Å². The molecule has 1 aliphatic rings. The number of nitrogens with zero attached hydrogens (tertiary/aromatic N) is 1. The zero-order chi connectivity index (χ0) is 24.5. The van der Waals surface area contributed by atoms with Crippen molar-refractivity contribution in [3.8, 4) is 0 Å². The minimum Gasteiger partial charge on any atom is -0.352 e. The molecule has 0 unspecified atom stereocenters. The third kappa shape index (κ3) is 8.06. The van der Waals surface area contributed by atoms with Gasteiger partial charge in [-0.3, -0.25) is 18.6 Å². The Morgan fingerprint density at radius 3 is 2.38 bits per heavy atom. The Labute approximate surface area is 201 Å². The predicted molar refractivity (Wildman–Crippen MR) is 131 cm³/mol. The van der Waals surface area contributed by atoms with E-state index in [9.17, 15) is 23.0 Å². The molecule has 0 spiro atoms. The average Bonchev–Trinajstić information content (AvgIpc) is 2.79. The number of rotatable bonds is 9. The molecule has 3 rings (SSSR count).